The predicted octanol–water partition coefficient (Wildman–Crippen LogP) is 2.09. The SMILES string of the molecule is COCC(=O)N1CCC[C@@H](C(=O)NCCSc2ccc(C)cc2)C1. The number of ether oxygens (including phenoxy) is 1. The largest absolute Gasteiger partial charge is 0.375 e. The number of nitrogens with one attached hydrogen (secondary N) is 1. The highest BCUT2D eigenvalue weighted by Gasteiger charge is 2.27. The molecule has 0 radical (unpaired) electrons. The molecule has 1 N–H and O–H groups in total. The zero-order valence-corrected chi connectivity index (χ0v) is 15.2. The molecule has 0 saturated carbocycles. The predicted molar refractivity (Wildman–Crippen MR) is 96.1 cm³/mol. The van der Waals surface area contributed by atoms with Crippen molar-refractivity contribution in [2.75, 3.05) is 39.1 Å². The number of methoxy groups -OCH3 is 1. The number of amides is 2. The van der Waals surface area contributed by atoms with Crippen molar-refractivity contribution in [3.8, 4) is 0 Å². The zero-order chi connectivity index (χ0) is 17.4. The van der Waals surface area contributed by atoms with Crippen LogP contribution in [-0.4, -0.2) is 55.8 Å². The van der Waals surface area contributed by atoms with Gasteiger partial charge in [-0.3, -0.25) is 9.59 Å². The molecule has 24 heavy (non-hydrogen) atoms. The van der Waals surface area contributed by atoms with Crippen molar-refractivity contribution >= 4 is 23.6 Å². The van der Waals surface area contributed by atoms with Crippen molar-refractivity contribution in [2.45, 2.75) is 24.7 Å². The van der Waals surface area contributed by atoms with E-state index in [1.54, 1.807) is 16.7 Å². The standard InChI is InChI=1S/C18H26N2O3S/c1-14-5-7-16(8-6-14)24-11-9-19-18(22)15-4-3-10-20(12-15)17(21)13-23-2/h5-8,15H,3-4,9-13H2,1-2H3,(H,19,22)/t15-/m1/s1. The molecular formula is C18H26N2O3S. The number of thioether (sulfide) groups is 1. The Balaban J connectivity index is 1.69. The van der Waals surface area contributed by atoms with Crippen LogP contribution < -0.4 is 5.32 Å². The molecule has 6 heteroatoms. The molecular weight excluding hydrogens is 324 g/mol. The average molecular weight is 350 g/mol. The summed E-state index contributed by atoms with van der Waals surface area (Å²) in [6.45, 7) is 4.01. The Morgan fingerprint density at radius 1 is 1.33 bits per heavy atom. The van der Waals surface area contributed by atoms with Crippen LogP contribution in [0.4, 0.5) is 0 Å². The highest BCUT2D eigenvalue weighted by atomic mass is 32.2. The van der Waals surface area contributed by atoms with Gasteiger partial charge in [-0.1, -0.05) is 17.7 Å². The van der Waals surface area contributed by atoms with Crippen LogP contribution in [0.25, 0.3) is 0 Å². The second kappa shape index (κ2) is 9.69. The average Bonchev–Trinajstić information content (AvgIpc) is 2.60. The molecule has 1 heterocycles. The van der Waals surface area contributed by atoms with E-state index in [0.29, 0.717) is 13.1 Å². The molecule has 0 bridgehead atoms. The first-order valence-electron chi connectivity index (χ1n) is 8.34. The molecule has 0 aliphatic carbocycles. The Labute approximate surface area is 148 Å². The zero-order valence-electron chi connectivity index (χ0n) is 14.4. The van der Waals surface area contributed by atoms with Crippen LogP contribution in [0.1, 0.15) is 18.4 Å². The Hall–Kier alpha value is -1.53. The van der Waals surface area contributed by atoms with E-state index >= 15 is 0 Å². The Kier molecular flexibility index (Phi) is 7.59. The molecule has 0 spiro atoms. The summed E-state index contributed by atoms with van der Waals surface area (Å²) in [6.07, 6.45) is 1.71. The van der Waals surface area contributed by atoms with Gasteiger partial charge in [0.1, 0.15) is 6.61 Å². The van der Waals surface area contributed by atoms with Crippen LogP contribution in [-0.2, 0) is 14.3 Å². The number of aryl methyl sites for hydroxylation is 1. The van der Waals surface area contributed by atoms with Gasteiger partial charge in [-0.25, -0.2) is 0 Å². The lowest BCUT2D eigenvalue weighted by atomic mass is 9.97. The van der Waals surface area contributed by atoms with Gasteiger partial charge in [-0.05, 0) is 31.9 Å². The van der Waals surface area contributed by atoms with E-state index in [-0.39, 0.29) is 24.3 Å². The van der Waals surface area contributed by atoms with Crippen molar-refractivity contribution < 1.29 is 14.3 Å². The van der Waals surface area contributed by atoms with Gasteiger partial charge in [0, 0.05) is 37.4 Å². The van der Waals surface area contributed by atoms with Crippen LogP contribution >= 0.6 is 11.8 Å². The summed E-state index contributed by atoms with van der Waals surface area (Å²) < 4.78 is 4.89. The van der Waals surface area contributed by atoms with Gasteiger partial charge in [0.15, 0.2) is 0 Å². The lowest BCUT2D eigenvalue weighted by Gasteiger charge is -2.31. The molecule has 1 aromatic carbocycles. The summed E-state index contributed by atoms with van der Waals surface area (Å²) in [6, 6.07) is 8.38. The fourth-order valence-corrected chi connectivity index (χ4v) is 3.52. The number of carbonyl (C=O) groups is 2. The minimum Gasteiger partial charge on any atom is -0.375 e. The molecule has 2 amide bonds. The molecule has 0 unspecified atom stereocenters. The van der Waals surface area contributed by atoms with Crippen LogP contribution in [0, 0.1) is 12.8 Å². The maximum atomic E-state index is 12.3. The Morgan fingerprint density at radius 2 is 2.08 bits per heavy atom. The van der Waals surface area contributed by atoms with Gasteiger partial charge in [0.2, 0.25) is 11.8 Å². The quantitative estimate of drug-likeness (QED) is 0.604. The number of rotatable bonds is 7. The number of nitrogens with zero attached hydrogens (tertiary/aromatic N) is 1. The molecule has 1 fully saturated rings. The summed E-state index contributed by atoms with van der Waals surface area (Å²) >= 11 is 1.73. The van der Waals surface area contributed by atoms with Crippen LogP contribution in [0.3, 0.4) is 0 Å². The summed E-state index contributed by atoms with van der Waals surface area (Å²) in [5.41, 5.74) is 1.25. The Morgan fingerprint density at radius 3 is 2.79 bits per heavy atom. The summed E-state index contributed by atoms with van der Waals surface area (Å²) in [7, 11) is 1.51. The van der Waals surface area contributed by atoms with Crippen LogP contribution in [0.5, 0.6) is 0 Å². The van der Waals surface area contributed by atoms with Crippen molar-refractivity contribution in [2.24, 2.45) is 5.92 Å². The number of hydrogen-bond acceptors (Lipinski definition) is 4. The highest BCUT2D eigenvalue weighted by molar-refractivity contribution is 7.99. The second-order valence-electron chi connectivity index (χ2n) is 6.06. The Bertz CT molecular complexity index is 548. The highest BCUT2D eigenvalue weighted by Crippen LogP contribution is 2.19. The van der Waals surface area contributed by atoms with Crippen molar-refractivity contribution in [1.29, 1.82) is 0 Å². The molecule has 5 nitrogen and oxygen atoms in total. The molecule has 0 aromatic heterocycles. The summed E-state index contributed by atoms with van der Waals surface area (Å²) in [4.78, 5) is 27.1. The maximum Gasteiger partial charge on any atom is 0.248 e. The topological polar surface area (TPSA) is 58.6 Å². The van der Waals surface area contributed by atoms with Gasteiger partial charge < -0.3 is 15.0 Å². The molecule has 1 aliphatic heterocycles. The molecule has 1 saturated heterocycles. The first kappa shape index (κ1) is 18.8. The smallest absolute Gasteiger partial charge is 0.248 e. The number of piperidine rings is 1. The summed E-state index contributed by atoms with van der Waals surface area (Å²) in [5.74, 6) is 0.747. The van der Waals surface area contributed by atoms with E-state index in [0.717, 1.165) is 25.1 Å². The van der Waals surface area contributed by atoms with Crippen LogP contribution in [0.15, 0.2) is 29.2 Å². The van der Waals surface area contributed by atoms with Gasteiger partial charge in [-0.15, -0.1) is 11.8 Å². The first-order chi connectivity index (χ1) is 11.6. The number of likely N-dealkylation sites (tertiary alicyclic amines) is 1. The third-order valence-electron chi connectivity index (χ3n) is 4.10. The van der Waals surface area contributed by atoms with Crippen LogP contribution in [0.2, 0.25) is 0 Å². The van der Waals surface area contributed by atoms with Gasteiger partial charge in [-0.2, -0.15) is 0 Å². The molecule has 1 aromatic rings. The van der Waals surface area contributed by atoms with E-state index in [9.17, 15) is 9.59 Å². The molecule has 1 aliphatic rings. The maximum absolute atomic E-state index is 12.3. The van der Waals surface area contributed by atoms with E-state index < -0.39 is 0 Å². The third-order valence-corrected chi connectivity index (χ3v) is 5.12. The van der Waals surface area contributed by atoms with E-state index in [1.807, 2.05) is 0 Å². The minimum absolute atomic E-state index is 0.0371. The summed E-state index contributed by atoms with van der Waals surface area (Å²) in [5, 5.41) is 3.00. The lowest BCUT2D eigenvalue weighted by molar-refractivity contribution is -0.138. The normalized spacial score (nSPS) is 17.6. The minimum atomic E-state index is -0.107. The fourth-order valence-electron chi connectivity index (χ4n) is 2.75. The van der Waals surface area contributed by atoms with Gasteiger partial charge in [0.05, 0.1) is 5.92 Å². The lowest BCUT2D eigenvalue weighted by Crippen LogP contribution is -2.46. The molecule has 1 atom stereocenters. The van der Waals surface area contributed by atoms with E-state index in [4.69, 9.17) is 4.74 Å². The second-order valence-corrected chi connectivity index (χ2v) is 7.23. The van der Waals surface area contributed by atoms with Gasteiger partial charge in [0.25, 0.3) is 0 Å². The molecule has 132 valence electrons. The number of hydrogen-bond donors (Lipinski definition) is 1. The van der Waals surface area contributed by atoms with E-state index in [2.05, 4.69) is 36.5 Å². The number of carbonyl (C=O) groups excluding carboxylic acids is 2. The van der Waals surface area contributed by atoms with Crippen molar-refractivity contribution in [1.82, 2.24) is 10.2 Å². The monoisotopic (exact) mass is 350 g/mol. The van der Waals surface area contributed by atoms with E-state index in [1.165, 1.54) is 17.6 Å². The third kappa shape index (κ3) is 5.83. The molecule has 2 rings (SSSR count). The number of benzene rings is 1. The van der Waals surface area contributed by atoms with Crippen molar-refractivity contribution in [3.05, 3.63) is 29.8 Å². The first-order valence-corrected chi connectivity index (χ1v) is 9.32. The van der Waals surface area contributed by atoms with Gasteiger partial charge >= 0.3 is 0 Å². The fraction of sp³-hybridized carbons (Fsp3) is 0.556. The van der Waals surface area contributed by atoms with Crippen molar-refractivity contribution in [3.63, 3.8) is 0 Å².